The number of nitrogens with one attached hydrogen (secondary N) is 1. The van der Waals surface area contributed by atoms with Crippen LogP contribution in [0.5, 0.6) is 0 Å². The molecule has 1 aliphatic rings. The summed E-state index contributed by atoms with van der Waals surface area (Å²) in [6, 6.07) is 5.36. The van der Waals surface area contributed by atoms with Gasteiger partial charge in [-0.3, -0.25) is 10.1 Å². The molecule has 1 N–H and O–H groups in total. The molecule has 1 aliphatic heterocycles. The van der Waals surface area contributed by atoms with Gasteiger partial charge in [0, 0.05) is 37.8 Å². The number of nitrogens with zero attached hydrogens (tertiary/aromatic N) is 3. The van der Waals surface area contributed by atoms with Crippen molar-refractivity contribution >= 4 is 35.2 Å². The molecule has 1 saturated heterocycles. The SMILES string of the molecule is CC1CN(c2nc3cc([N+](=O)[O-])ccc3o2)CCN1.Cl. The first-order valence-electron chi connectivity index (χ1n) is 6.17. The van der Waals surface area contributed by atoms with Gasteiger partial charge in [-0.25, -0.2) is 0 Å². The van der Waals surface area contributed by atoms with Crippen LogP contribution < -0.4 is 10.2 Å². The number of non-ortho nitro benzene ring substituents is 1. The number of nitro benzene ring substituents is 1. The first-order valence-corrected chi connectivity index (χ1v) is 6.17. The van der Waals surface area contributed by atoms with Crippen molar-refractivity contribution in [2.75, 3.05) is 24.5 Å². The molecule has 0 spiro atoms. The van der Waals surface area contributed by atoms with Gasteiger partial charge >= 0.3 is 0 Å². The Kier molecular flexibility index (Phi) is 4.10. The van der Waals surface area contributed by atoms with Gasteiger partial charge in [0.2, 0.25) is 0 Å². The van der Waals surface area contributed by atoms with E-state index in [1.165, 1.54) is 12.1 Å². The first-order chi connectivity index (χ1) is 9.13. The van der Waals surface area contributed by atoms with E-state index < -0.39 is 4.92 Å². The van der Waals surface area contributed by atoms with Crippen molar-refractivity contribution in [3.05, 3.63) is 28.3 Å². The standard InChI is InChI=1S/C12H14N4O3.ClH/c1-8-7-15(5-4-13-8)12-14-10-6-9(16(17)18)2-3-11(10)19-12;/h2-3,6,8,13H,4-5,7H2,1H3;1H. The Bertz CT molecular complexity index is 630. The highest BCUT2D eigenvalue weighted by Crippen LogP contribution is 2.25. The van der Waals surface area contributed by atoms with Gasteiger partial charge in [0.25, 0.3) is 11.7 Å². The normalized spacial score (nSPS) is 18.9. The lowest BCUT2D eigenvalue weighted by Gasteiger charge is -2.30. The van der Waals surface area contributed by atoms with Crippen molar-refractivity contribution in [2.24, 2.45) is 0 Å². The summed E-state index contributed by atoms with van der Waals surface area (Å²) in [4.78, 5) is 16.7. The van der Waals surface area contributed by atoms with Crippen LogP contribution in [0.2, 0.25) is 0 Å². The molecular weight excluding hydrogens is 284 g/mol. The average Bonchev–Trinajstić information content (AvgIpc) is 2.81. The van der Waals surface area contributed by atoms with E-state index in [1.54, 1.807) is 6.07 Å². The van der Waals surface area contributed by atoms with Crippen LogP contribution >= 0.6 is 12.4 Å². The maximum Gasteiger partial charge on any atom is 0.298 e. The molecule has 3 rings (SSSR count). The molecule has 2 heterocycles. The Hall–Kier alpha value is -1.86. The summed E-state index contributed by atoms with van der Waals surface area (Å²) in [7, 11) is 0. The number of oxazole rings is 1. The highest BCUT2D eigenvalue weighted by atomic mass is 35.5. The van der Waals surface area contributed by atoms with Gasteiger partial charge in [-0.1, -0.05) is 0 Å². The Morgan fingerprint density at radius 3 is 3.05 bits per heavy atom. The quantitative estimate of drug-likeness (QED) is 0.674. The highest BCUT2D eigenvalue weighted by molar-refractivity contribution is 5.85. The van der Waals surface area contributed by atoms with Crippen LogP contribution in [0, 0.1) is 10.1 Å². The lowest BCUT2D eigenvalue weighted by atomic mass is 10.2. The molecule has 8 heteroatoms. The molecule has 0 aliphatic carbocycles. The summed E-state index contributed by atoms with van der Waals surface area (Å²) in [5, 5.41) is 14.1. The zero-order valence-corrected chi connectivity index (χ0v) is 11.7. The van der Waals surface area contributed by atoms with E-state index in [9.17, 15) is 10.1 Å². The Labute approximate surface area is 121 Å². The molecular formula is C12H15ClN4O3. The van der Waals surface area contributed by atoms with Crippen LogP contribution in [-0.4, -0.2) is 35.6 Å². The second kappa shape index (κ2) is 5.64. The number of halogens is 1. The smallest absolute Gasteiger partial charge is 0.298 e. The van der Waals surface area contributed by atoms with E-state index in [-0.39, 0.29) is 18.1 Å². The van der Waals surface area contributed by atoms with E-state index in [4.69, 9.17) is 4.42 Å². The number of nitro groups is 1. The number of piperazine rings is 1. The Balaban J connectivity index is 0.00000147. The van der Waals surface area contributed by atoms with Crippen LogP contribution in [0.1, 0.15) is 6.92 Å². The molecule has 0 radical (unpaired) electrons. The van der Waals surface area contributed by atoms with Gasteiger partial charge in [0.1, 0.15) is 5.52 Å². The average molecular weight is 299 g/mol. The molecule has 1 atom stereocenters. The van der Waals surface area contributed by atoms with Gasteiger partial charge in [0.15, 0.2) is 5.58 Å². The molecule has 1 aromatic carbocycles. The predicted octanol–water partition coefficient (Wildman–Crippen LogP) is 1.96. The third-order valence-electron chi connectivity index (χ3n) is 3.21. The highest BCUT2D eigenvalue weighted by Gasteiger charge is 2.21. The van der Waals surface area contributed by atoms with E-state index in [0.29, 0.717) is 23.2 Å². The van der Waals surface area contributed by atoms with Crippen LogP contribution in [-0.2, 0) is 0 Å². The fourth-order valence-corrected chi connectivity index (χ4v) is 2.26. The molecule has 1 aromatic heterocycles. The number of benzene rings is 1. The lowest BCUT2D eigenvalue weighted by Crippen LogP contribution is -2.49. The van der Waals surface area contributed by atoms with Crippen molar-refractivity contribution in [1.29, 1.82) is 0 Å². The summed E-state index contributed by atoms with van der Waals surface area (Å²) >= 11 is 0. The van der Waals surface area contributed by atoms with E-state index in [2.05, 4.69) is 17.2 Å². The third-order valence-corrected chi connectivity index (χ3v) is 3.21. The van der Waals surface area contributed by atoms with Crippen LogP contribution in [0.25, 0.3) is 11.1 Å². The second-order valence-electron chi connectivity index (χ2n) is 4.71. The number of hydrogen-bond acceptors (Lipinski definition) is 6. The van der Waals surface area contributed by atoms with E-state index in [1.807, 2.05) is 4.90 Å². The van der Waals surface area contributed by atoms with Gasteiger partial charge in [-0.05, 0) is 13.0 Å². The van der Waals surface area contributed by atoms with Crippen molar-refractivity contribution in [2.45, 2.75) is 13.0 Å². The molecule has 1 fully saturated rings. The zero-order valence-electron chi connectivity index (χ0n) is 10.9. The third kappa shape index (κ3) is 2.68. The summed E-state index contributed by atoms with van der Waals surface area (Å²) < 4.78 is 5.66. The summed E-state index contributed by atoms with van der Waals surface area (Å²) in [5.41, 5.74) is 1.13. The van der Waals surface area contributed by atoms with Gasteiger partial charge in [-0.15, -0.1) is 12.4 Å². The van der Waals surface area contributed by atoms with Gasteiger partial charge in [-0.2, -0.15) is 4.98 Å². The van der Waals surface area contributed by atoms with Crippen LogP contribution in [0.3, 0.4) is 0 Å². The van der Waals surface area contributed by atoms with Crippen molar-refractivity contribution in [1.82, 2.24) is 10.3 Å². The lowest BCUT2D eigenvalue weighted by molar-refractivity contribution is -0.384. The molecule has 0 amide bonds. The number of fused-ring (bicyclic) bond motifs is 1. The minimum absolute atomic E-state index is 0. The predicted molar refractivity (Wildman–Crippen MR) is 77.6 cm³/mol. The molecule has 2 aromatic rings. The Morgan fingerprint density at radius 2 is 2.35 bits per heavy atom. The van der Waals surface area contributed by atoms with Crippen molar-refractivity contribution < 1.29 is 9.34 Å². The first kappa shape index (κ1) is 14.5. The van der Waals surface area contributed by atoms with Crippen LogP contribution in [0.4, 0.5) is 11.7 Å². The second-order valence-corrected chi connectivity index (χ2v) is 4.71. The Morgan fingerprint density at radius 1 is 1.55 bits per heavy atom. The number of hydrogen-bond donors (Lipinski definition) is 1. The molecule has 0 saturated carbocycles. The van der Waals surface area contributed by atoms with Gasteiger partial charge < -0.3 is 14.6 Å². The fraction of sp³-hybridized carbons (Fsp3) is 0.417. The van der Waals surface area contributed by atoms with Crippen molar-refractivity contribution in [3.63, 3.8) is 0 Å². The van der Waals surface area contributed by atoms with Crippen LogP contribution in [0.15, 0.2) is 22.6 Å². The van der Waals surface area contributed by atoms with E-state index in [0.717, 1.165) is 19.6 Å². The molecule has 7 nitrogen and oxygen atoms in total. The molecule has 0 bridgehead atoms. The summed E-state index contributed by atoms with van der Waals surface area (Å²) in [6.07, 6.45) is 0. The zero-order chi connectivity index (χ0) is 13.4. The number of aromatic nitrogens is 1. The number of rotatable bonds is 2. The molecule has 20 heavy (non-hydrogen) atoms. The number of anilines is 1. The molecule has 1 unspecified atom stereocenters. The largest absolute Gasteiger partial charge is 0.423 e. The fourth-order valence-electron chi connectivity index (χ4n) is 2.26. The topological polar surface area (TPSA) is 84.4 Å². The van der Waals surface area contributed by atoms with Crippen molar-refractivity contribution in [3.8, 4) is 0 Å². The monoisotopic (exact) mass is 298 g/mol. The van der Waals surface area contributed by atoms with E-state index >= 15 is 0 Å². The maximum absolute atomic E-state index is 10.7. The molecule has 108 valence electrons. The summed E-state index contributed by atoms with van der Waals surface area (Å²) in [5.74, 6) is 0. The summed E-state index contributed by atoms with van der Waals surface area (Å²) in [6.45, 7) is 4.61. The minimum Gasteiger partial charge on any atom is -0.423 e. The van der Waals surface area contributed by atoms with Gasteiger partial charge in [0.05, 0.1) is 4.92 Å². The minimum atomic E-state index is -0.430. The maximum atomic E-state index is 10.7.